The molecule has 0 fully saturated rings. The van der Waals surface area contributed by atoms with E-state index in [4.69, 9.17) is 4.99 Å². The van der Waals surface area contributed by atoms with Crippen LogP contribution in [0, 0.1) is 0 Å². The van der Waals surface area contributed by atoms with Crippen molar-refractivity contribution in [3.05, 3.63) is 230 Å². The van der Waals surface area contributed by atoms with E-state index in [1.165, 1.54) is 105 Å². The van der Waals surface area contributed by atoms with Crippen LogP contribution in [-0.2, 0) is 13.1 Å². The quantitative estimate of drug-likeness (QED) is 0.176. The Labute approximate surface area is 369 Å². The van der Waals surface area contributed by atoms with Gasteiger partial charge in [0.1, 0.15) is 0 Å². The van der Waals surface area contributed by atoms with Crippen molar-refractivity contribution >= 4 is 27.5 Å². The topological polar surface area (TPSA) is 36.4 Å². The minimum Gasteiger partial charge on any atom is -0.359 e. The molecule has 3 nitrogen and oxygen atoms in total. The standard InChI is InChI=1S/C60H45N3/c1-61-60-62-38-56-54(50-32-46(40-18-6-2-7-19-40)30-47(33-50)41-20-8-3-9-21-41)36-44-26-14-16-28-52(44)58(56)59-53-29-17-15-27-45(53)37-55(57(59)39-63-60)51-34-48(42-22-10-4-11-23-42)31-49(35-51)43-24-12-5-13-25-43/h2-37H,38-39H2,1H3,(H2,61,62,63). The van der Waals surface area contributed by atoms with Crippen molar-refractivity contribution in [1.82, 2.24) is 10.6 Å². The van der Waals surface area contributed by atoms with E-state index in [9.17, 15) is 0 Å². The second-order valence-corrected chi connectivity index (χ2v) is 16.3. The average Bonchev–Trinajstić information content (AvgIpc) is 3.45. The summed E-state index contributed by atoms with van der Waals surface area (Å²) in [6, 6.07) is 79.8. The van der Waals surface area contributed by atoms with E-state index in [2.05, 4.69) is 229 Å². The number of hydrogen-bond acceptors (Lipinski definition) is 3. The summed E-state index contributed by atoms with van der Waals surface area (Å²) in [6.07, 6.45) is 0. The number of rotatable bonds is 6. The zero-order valence-electron chi connectivity index (χ0n) is 35.1. The van der Waals surface area contributed by atoms with Crippen LogP contribution in [-0.4, -0.2) is 13.0 Å². The molecule has 0 amide bonds. The molecule has 3 heteroatoms. The molecule has 0 saturated carbocycles. The number of benzene rings is 10. The Balaban J connectivity index is 1.25. The van der Waals surface area contributed by atoms with Gasteiger partial charge >= 0.3 is 0 Å². The van der Waals surface area contributed by atoms with Gasteiger partial charge in [-0.25, -0.2) is 4.99 Å². The average molecular weight is 808 g/mol. The zero-order chi connectivity index (χ0) is 42.1. The minimum atomic E-state index is 0.481. The summed E-state index contributed by atoms with van der Waals surface area (Å²) in [5, 5.41) is 12.0. The fraction of sp³-hybridized carbons (Fsp3) is 0.0500. The lowest BCUT2D eigenvalue weighted by Gasteiger charge is -2.24. The summed E-state index contributed by atoms with van der Waals surface area (Å²) in [7, 11) is 1.96. The molecule has 1 aliphatic heterocycles. The van der Waals surface area contributed by atoms with Crippen LogP contribution in [0.1, 0.15) is 11.1 Å². The molecule has 0 aromatic heterocycles. The Bertz CT molecular complexity index is 3200. The third kappa shape index (κ3) is 7.24. The first-order valence-electron chi connectivity index (χ1n) is 21.8. The van der Waals surface area contributed by atoms with Crippen LogP contribution in [0.4, 0.5) is 0 Å². The van der Waals surface area contributed by atoms with Crippen molar-refractivity contribution < 1.29 is 0 Å². The predicted octanol–water partition coefficient (Wildman–Crippen LogP) is 14.8. The molecular weight excluding hydrogens is 763 g/mol. The molecule has 2 N–H and O–H groups in total. The summed E-state index contributed by atoms with van der Waals surface area (Å²) in [4.78, 5) is 5.32. The van der Waals surface area contributed by atoms with Gasteiger partial charge in [0.05, 0.1) is 6.54 Å². The molecule has 63 heavy (non-hydrogen) atoms. The van der Waals surface area contributed by atoms with Crippen molar-refractivity contribution in [2.75, 3.05) is 7.05 Å². The summed E-state index contributed by atoms with van der Waals surface area (Å²) >= 11 is 0. The summed E-state index contributed by atoms with van der Waals surface area (Å²) < 4.78 is 0. The summed E-state index contributed by atoms with van der Waals surface area (Å²) in [5.74, 6) is 0.762. The van der Waals surface area contributed by atoms with E-state index in [1.807, 2.05) is 7.05 Å². The maximum absolute atomic E-state index is 5.32. The highest BCUT2D eigenvalue weighted by Crippen LogP contribution is 2.48. The molecular formula is C60H45N3. The molecule has 0 atom stereocenters. The lowest BCUT2D eigenvalue weighted by atomic mass is 9.80. The van der Waals surface area contributed by atoms with Crippen LogP contribution in [0.25, 0.3) is 99.4 Å². The number of nitrogens with one attached hydrogen (secondary N) is 2. The molecule has 11 rings (SSSR count). The monoisotopic (exact) mass is 807 g/mol. The molecule has 0 aliphatic carbocycles. The van der Waals surface area contributed by atoms with Gasteiger partial charge in [0.25, 0.3) is 0 Å². The number of nitrogens with zero attached hydrogens (tertiary/aromatic N) is 1. The van der Waals surface area contributed by atoms with E-state index < -0.39 is 0 Å². The normalized spacial score (nSPS) is 12.3. The summed E-state index contributed by atoms with van der Waals surface area (Å²) in [6.45, 7) is 1.06. The largest absolute Gasteiger partial charge is 0.359 e. The van der Waals surface area contributed by atoms with Crippen molar-refractivity contribution in [2.45, 2.75) is 13.1 Å². The van der Waals surface area contributed by atoms with Gasteiger partial charge in [-0.15, -0.1) is 0 Å². The SMILES string of the molecule is CNC1=NCc2c(-c3cc(-c4ccccc4)cc(-c4ccccc4)c3)cc3ccccc3c2-c2c(c(-c3cc(-c4ccccc4)cc(-c4ccccc4)c3)cc3ccccc23)CN1. The smallest absolute Gasteiger partial charge is 0.191 e. The van der Waals surface area contributed by atoms with Gasteiger partial charge in [-0.3, -0.25) is 0 Å². The number of fused-ring (bicyclic) bond motifs is 7. The second-order valence-electron chi connectivity index (χ2n) is 16.3. The molecule has 10 aromatic rings. The van der Waals surface area contributed by atoms with Gasteiger partial charge in [0.15, 0.2) is 5.96 Å². The Kier molecular flexibility index (Phi) is 9.91. The van der Waals surface area contributed by atoms with Gasteiger partial charge in [-0.05, 0) is 159 Å². The number of guanidine groups is 1. The Morgan fingerprint density at radius 3 is 1.13 bits per heavy atom. The first-order valence-corrected chi connectivity index (χ1v) is 21.8. The lowest BCUT2D eigenvalue weighted by molar-refractivity contribution is 0.859. The van der Waals surface area contributed by atoms with E-state index >= 15 is 0 Å². The molecule has 0 unspecified atom stereocenters. The van der Waals surface area contributed by atoms with E-state index in [1.54, 1.807) is 0 Å². The van der Waals surface area contributed by atoms with Crippen molar-refractivity contribution in [2.24, 2.45) is 4.99 Å². The first-order chi connectivity index (χ1) is 31.2. The van der Waals surface area contributed by atoms with E-state index in [0.717, 1.165) is 11.5 Å². The van der Waals surface area contributed by atoms with Crippen LogP contribution >= 0.6 is 0 Å². The highest BCUT2D eigenvalue weighted by molar-refractivity contribution is 6.12. The highest BCUT2D eigenvalue weighted by Gasteiger charge is 2.25. The van der Waals surface area contributed by atoms with Gasteiger partial charge in [-0.1, -0.05) is 170 Å². The minimum absolute atomic E-state index is 0.481. The molecule has 0 saturated heterocycles. The van der Waals surface area contributed by atoms with Gasteiger partial charge in [0.2, 0.25) is 0 Å². The number of aliphatic imine (C=N–C) groups is 1. The van der Waals surface area contributed by atoms with Crippen molar-refractivity contribution in [3.63, 3.8) is 0 Å². The van der Waals surface area contributed by atoms with Crippen LogP contribution in [0.2, 0.25) is 0 Å². The molecule has 0 bridgehead atoms. The summed E-state index contributed by atoms with van der Waals surface area (Å²) in [5.41, 5.74) is 19.1. The highest BCUT2D eigenvalue weighted by atomic mass is 15.2. The van der Waals surface area contributed by atoms with Crippen LogP contribution in [0.15, 0.2) is 223 Å². The third-order valence-corrected chi connectivity index (χ3v) is 12.5. The van der Waals surface area contributed by atoms with Crippen LogP contribution in [0.5, 0.6) is 0 Å². The Morgan fingerprint density at radius 2 is 0.714 bits per heavy atom. The van der Waals surface area contributed by atoms with E-state index in [0.29, 0.717) is 13.1 Å². The fourth-order valence-corrected chi connectivity index (χ4v) is 9.52. The fourth-order valence-electron chi connectivity index (χ4n) is 9.52. The Morgan fingerprint density at radius 1 is 0.365 bits per heavy atom. The van der Waals surface area contributed by atoms with Gasteiger partial charge in [0, 0.05) is 13.6 Å². The molecule has 1 aliphatic rings. The third-order valence-electron chi connectivity index (χ3n) is 12.5. The Hall–Kier alpha value is -8.01. The molecule has 1 heterocycles. The molecule has 0 spiro atoms. The molecule has 10 aromatic carbocycles. The van der Waals surface area contributed by atoms with Crippen molar-refractivity contribution in [3.8, 4) is 77.9 Å². The predicted molar refractivity (Wildman–Crippen MR) is 267 cm³/mol. The molecule has 0 radical (unpaired) electrons. The zero-order valence-corrected chi connectivity index (χ0v) is 35.1. The lowest BCUT2D eigenvalue weighted by Crippen LogP contribution is -2.34. The van der Waals surface area contributed by atoms with Crippen molar-refractivity contribution in [1.29, 1.82) is 0 Å². The molecule has 300 valence electrons. The van der Waals surface area contributed by atoms with Crippen LogP contribution in [0.3, 0.4) is 0 Å². The van der Waals surface area contributed by atoms with Crippen LogP contribution < -0.4 is 10.6 Å². The maximum atomic E-state index is 5.32. The maximum Gasteiger partial charge on any atom is 0.191 e. The van der Waals surface area contributed by atoms with E-state index in [-0.39, 0.29) is 0 Å². The first kappa shape index (κ1) is 38.0. The second kappa shape index (κ2) is 16.5. The van der Waals surface area contributed by atoms with Gasteiger partial charge in [-0.2, -0.15) is 0 Å². The number of hydrogen-bond donors (Lipinski definition) is 2. The van der Waals surface area contributed by atoms with Gasteiger partial charge < -0.3 is 10.6 Å².